The van der Waals surface area contributed by atoms with Crippen LogP contribution in [0.1, 0.15) is 5.56 Å². The summed E-state index contributed by atoms with van der Waals surface area (Å²) >= 11 is 0. The van der Waals surface area contributed by atoms with E-state index >= 15 is 0 Å². The minimum atomic E-state index is -0.609. The van der Waals surface area contributed by atoms with Gasteiger partial charge in [0.15, 0.2) is 5.82 Å². The standard InChI is InChI=1S/C26H21N7O/c27-18-12-33(13-21(18)34)26-23-17(14-4-3-5-14)10-28-11-20(23)31-24(32-26)16-8-9-29-25-22(16)15-6-1-2-7-19(15)30-25/h1-11,18,21,34H,12-13,27H2,(H,29,30)/t18-,21-/m1/s1. The van der Waals surface area contributed by atoms with E-state index in [4.69, 9.17) is 15.7 Å². The zero-order valence-electron chi connectivity index (χ0n) is 18.2. The summed E-state index contributed by atoms with van der Waals surface area (Å²) in [4.78, 5) is 24.5. The Labute approximate surface area is 194 Å². The number of nitrogens with two attached hydrogens (primary N) is 1. The van der Waals surface area contributed by atoms with Gasteiger partial charge in [-0.15, -0.1) is 0 Å². The lowest BCUT2D eigenvalue weighted by atomic mass is 9.97. The molecule has 0 radical (unpaired) electrons. The van der Waals surface area contributed by atoms with Gasteiger partial charge in [-0.3, -0.25) is 4.98 Å². The van der Waals surface area contributed by atoms with Crippen LogP contribution in [0.2, 0.25) is 0 Å². The molecule has 1 aromatic carbocycles. The number of fused-ring (bicyclic) bond motifs is 4. The van der Waals surface area contributed by atoms with E-state index in [9.17, 15) is 5.11 Å². The largest absolute Gasteiger partial charge is 0.390 e. The zero-order chi connectivity index (χ0) is 22.8. The Morgan fingerprint density at radius 2 is 1.91 bits per heavy atom. The van der Waals surface area contributed by atoms with Gasteiger partial charge in [-0.2, -0.15) is 0 Å². The molecule has 0 bridgehead atoms. The van der Waals surface area contributed by atoms with Gasteiger partial charge in [0, 0.05) is 58.9 Å². The maximum absolute atomic E-state index is 10.4. The van der Waals surface area contributed by atoms with Crippen LogP contribution >= 0.6 is 0 Å². The molecule has 0 amide bonds. The van der Waals surface area contributed by atoms with Gasteiger partial charge in [-0.25, -0.2) is 15.0 Å². The lowest BCUT2D eigenvalue weighted by Crippen LogP contribution is -2.32. The number of hydrogen-bond acceptors (Lipinski definition) is 7. The molecule has 1 fully saturated rings. The smallest absolute Gasteiger partial charge is 0.163 e. The Hall–Kier alpha value is -4.14. The van der Waals surface area contributed by atoms with Crippen molar-refractivity contribution in [2.24, 2.45) is 5.73 Å². The highest BCUT2D eigenvalue weighted by Gasteiger charge is 2.32. The number of pyridine rings is 2. The number of rotatable bonds is 3. The summed E-state index contributed by atoms with van der Waals surface area (Å²) in [5, 5.41) is 13.4. The Morgan fingerprint density at radius 1 is 1.03 bits per heavy atom. The highest BCUT2D eigenvalue weighted by atomic mass is 16.3. The second-order valence-corrected chi connectivity index (χ2v) is 8.82. The highest BCUT2D eigenvalue weighted by Crippen LogP contribution is 2.38. The SMILES string of the molecule is N[C@@H]1CN(c2nc(-c3ccnc4[nH]c5ccccc5c34)nc3cncc(C4=CC=C4)c23)C[C@H]1O. The maximum Gasteiger partial charge on any atom is 0.163 e. The second-order valence-electron chi connectivity index (χ2n) is 8.82. The fourth-order valence-electron chi connectivity index (χ4n) is 4.94. The molecule has 0 spiro atoms. The third-order valence-corrected chi connectivity index (χ3v) is 6.72. The molecule has 0 unspecified atom stereocenters. The van der Waals surface area contributed by atoms with Gasteiger partial charge in [-0.05, 0) is 17.7 Å². The number of aromatic nitrogens is 5. The molecule has 5 aromatic rings. The minimum Gasteiger partial charge on any atom is -0.390 e. The molecule has 1 aliphatic heterocycles. The van der Waals surface area contributed by atoms with Gasteiger partial charge in [0.25, 0.3) is 0 Å². The van der Waals surface area contributed by atoms with Gasteiger partial charge < -0.3 is 20.7 Å². The molecule has 1 aliphatic carbocycles. The van der Waals surface area contributed by atoms with E-state index in [1.807, 2.05) is 36.5 Å². The molecule has 1 saturated heterocycles. The maximum atomic E-state index is 10.4. The molecular weight excluding hydrogens is 426 g/mol. The fraction of sp³-hybridized carbons (Fsp3) is 0.154. The van der Waals surface area contributed by atoms with E-state index in [0.717, 1.165) is 55.4 Å². The van der Waals surface area contributed by atoms with Crippen molar-refractivity contribution in [1.82, 2.24) is 24.9 Å². The molecule has 8 heteroatoms. The normalized spacial score (nSPS) is 19.8. The summed E-state index contributed by atoms with van der Waals surface area (Å²) < 4.78 is 0. The topological polar surface area (TPSA) is 117 Å². The van der Waals surface area contributed by atoms with Crippen LogP contribution in [0.25, 0.3) is 49.8 Å². The van der Waals surface area contributed by atoms with Crippen molar-refractivity contribution in [2.75, 3.05) is 18.0 Å². The first kappa shape index (κ1) is 19.3. The predicted molar refractivity (Wildman–Crippen MR) is 133 cm³/mol. The van der Waals surface area contributed by atoms with Crippen LogP contribution < -0.4 is 10.6 Å². The van der Waals surface area contributed by atoms with E-state index in [0.29, 0.717) is 18.9 Å². The summed E-state index contributed by atoms with van der Waals surface area (Å²) in [6.45, 7) is 0.935. The van der Waals surface area contributed by atoms with Crippen molar-refractivity contribution in [1.29, 1.82) is 0 Å². The molecule has 5 heterocycles. The molecule has 2 atom stereocenters. The Kier molecular flexibility index (Phi) is 4.08. The average molecular weight is 448 g/mol. The molecule has 166 valence electrons. The van der Waals surface area contributed by atoms with E-state index in [2.05, 4.69) is 38.1 Å². The third kappa shape index (κ3) is 2.79. The van der Waals surface area contributed by atoms with E-state index < -0.39 is 6.10 Å². The first-order valence-electron chi connectivity index (χ1n) is 11.3. The molecule has 4 N–H and O–H groups in total. The zero-order valence-corrected chi connectivity index (χ0v) is 18.2. The number of allylic oxidation sites excluding steroid dienone is 4. The average Bonchev–Trinajstić information content (AvgIpc) is 3.36. The van der Waals surface area contributed by atoms with Crippen molar-refractivity contribution in [2.45, 2.75) is 12.1 Å². The van der Waals surface area contributed by atoms with Crippen LogP contribution in [-0.2, 0) is 0 Å². The molecular formula is C26H21N7O. The van der Waals surface area contributed by atoms with Crippen molar-refractivity contribution >= 4 is 44.2 Å². The van der Waals surface area contributed by atoms with Gasteiger partial charge in [0.05, 0.1) is 23.2 Å². The van der Waals surface area contributed by atoms with E-state index in [1.165, 1.54) is 0 Å². The summed E-state index contributed by atoms with van der Waals surface area (Å²) in [5.41, 5.74) is 11.7. The van der Waals surface area contributed by atoms with Crippen LogP contribution in [0.4, 0.5) is 5.82 Å². The van der Waals surface area contributed by atoms with Crippen molar-refractivity contribution in [3.05, 3.63) is 72.7 Å². The first-order chi connectivity index (χ1) is 16.7. The van der Waals surface area contributed by atoms with Crippen molar-refractivity contribution in [3.8, 4) is 11.4 Å². The van der Waals surface area contributed by atoms with Gasteiger partial charge in [0.1, 0.15) is 11.5 Å². The van der Waals surface area contributed by atoms with Crippen LogP contribution in [0, 0.1) is 0 Å². The number of aliphatic hydroxyl groups excluding tert-OH is 1. The highest BCUT2D eigenvalue weighted by molar-refractivity contribution is 6.13. The number of para-hydroxylation sites is 1. The molecule has 7 rings (SSSR count). The summed E-state index contributed by atoms with van der Waals surface area (Å²) in [6.07, 6.45) is 10.9. The number of benzene rings is 1. The van der Waals surface area contributed by atoms with Crippen LogP contribution in [0.15, 0.2) is 67.2 Å². The van der Waals surface area contributed by atoms with Gasteiger partial charge in [0.2, 0.25) is 0 Å². The second kappa shape index (κ2) is 7.18. The van der Waals surface area contributed by atoms with Crippen molar-refractivity contribution < 1.29 is 5.11 Å². The number of aromatic amines is 1. The Bertz CT molecular complexity index is 1660. The number of nitrogens with one attached hydrogen (secondary N) is 1. The summed E-state index contributed by atoms with van der Waals surface area (Å²) in [7, 11) is 0. The lowest BCUT2D eigenvalue weighted by molar-refractivity contribution is 0.180. The number of β-amino-alcohol motifs (C(OH)–C–C–N with tert-alkyl or cyclic N) is 1. The van der Waals surface area contributed by atoms with Crippen LogP contribution in [-0.4, -0.2) is 55.3 Å². The van der Waals surface area contributed by atoms with Crippen LogP contribution in [0.3, 0.4) is 0 Å². The quantitative estimate of drug-likeness (QED) is 0.389. The summed E-state index contributed by atoms with van der Waals surface area (Å²) in [6, 6.07) is 9.75. The molecule has 2 aliphatic rings. The van der Waals surface area contributed by atoms with Gasteiger partial charge in [-0.1, -0.05) is 36.4 Å². The first-order valence-corrected chi connectivity index (χ1v) is 11.3. The minimum absolute atomic E-state index is 0.331. The molecule has 8 nitrogen and oxygen atoms in total. The number of nitrogens with zero attached hydrogens (tertiary/aromatic N) is 5. The van der Waals surface area contributed by atoms with Crippen LogP contribution in [0.5, 0.6) is 0 Å². The van der Waals surface area contributed by atoms with Crippen molar-refractivity contribution in [3.63, 3.8) is 0 Å². The van der Waals surface area contributed by atoms with E-state index in [-0.39, 0.29) is 6.04 Å². The molecule has 0 saturated carbocycles. The number of anilines is 1. The number of aliphatic hydroxyl groups is 1. The number of hydrogen-bond donors (Lipinski definition) is 3. The fourth-order valence-corrected chi connectivity index (χ4v) is 4.94. The molecule has 4 aromatic heterocycles. The molecule has 34 heavy (non-hydrogen) atoms. The van der Waals surface area contributed by atoms with Gasteiger partial charge >= 0.3 is 0 Å². The number of H-pyrrole nitrogens is 1. The predicted octanol–water partition coefficient (Wildman–Crippen LogP) is 3.18. The summed E-state index contributed by atoms with van der Waals surface area (Å²) in [5.74, 6) is 1.35. The third-order valence-electron chi connectivity index (χ3n) is 6.72. The lowest BCUT2D eigenvalue weighted by Gasteiger charge is -2.22. The Balaban J connectivity index is 1.52. The monoisotopic (exact) mass is 447 g/mol. The Morgan fingerprint density at radius 3 is 2.71 bits per heavy atom. The van der Waals surface area contributed by atoms with E-state index in [1.54, 1.807) is 12.4 Å².